The van der Waals surface area contributed by atoms with Gasteiger partial charge in [0.25, 0.3) is 0 Å². The van der Waals surface area contributed by atoms with Crippen LogP contribution in [0.15, 0.2) is 65.0 Å². The van der Waals surface area contributed by atoms with E-state index < -0.39 is 17.9 Å². The Labute approximate surface area is 322 Å². The second-order valence-corrected chi connectivity index (χ2v) is 15.2. The summed E-state index contributed by atoms with van der Waals surface area (Å²) in [4.78, 5) is 48.7. The number of aryl methyl sites for hydroxylation is 1. The average molecular weight is 769 g/mol. The standard InChI is InChI=1S/C40H51Cl2N5O6/c1-45-27-12-13-28(45)22-29(21-27)46-16-18-47(19-17-46)34(48)23-33-37(40(50)52-3)38(35-30(41)9-6-10-31(35)42)36(39(49)51-2)32(44-33)14-11-25-7-4-5-8-26(25)24-53-20-15-43/h4-10,27-29,38,44H,11-24,43H2,1-3H3. The smallest absolute Gasteiger partial charge is 0.336 e. The summed E-state index contributed by atoms with van der Waals surface area (Å²) in [7, 11) is 4.82. The van der Waals surface area contributed by atoms with E-state index >= 15 is 0 Å². The molecule has 3 unspecified atom stereocenters. The first kappa shape index (κ1) is 39.2. The van der Waals surface area contributed by atoms with Crippen LogP contribution in [0.4, 0.5) is 0 Å². The zero-order chi connectivity index (χ0) is 37.6. The Morgan fingerprint density at radius 3 is 2.02 bits per heavy atom. The van der Waals surface area contributed by atoms with Crippen molar-refractivity contribution in [2.45, 2.75) is 75.6 Å². The SMILES string of the molecule is COC(=O)C1=C(CCc2ccccc2COCCN)NC(CC(=O)N2CCN(C3CC4CCC(C3)N4C)CC2)=C(C(=O)OC)C1c1c(Cl)cccc1Cl. The first-order chi connectivity index (χ1) is 25.6. The van der Waals surface area contributed by atoms with Crippen LogP contribution in [0.25, 0.3) is 0 Å². The van der Waals surface area contributed by atoms with Crippen molar-refractivity contribution in [2.75, 3.05) is 60.6 Å². The number of benzene rings is 2. The maximum atomic E-state index is 14.2. The van der Waals surface area contributed by atoms with Gasteiger partial charge in [-0.05, 0) is 68.8 Å². The maximum Gasteiger partial charge on any atom is 0.336 e. The number of piperidine rings is 1. The summed E-state index contributed by atoms with van der Waals surface area (Å²) in [6.07, 6.45) is 5.65. The molecule has 2 bridgehead atoms. The minimum atomic E-state index is -1.06. The van der Waals surface area contributed by atoms with Crippen LogP contribution in [0, 0.1) is 0 Å². The topological polar surface area (TPSA) is 127 Å². The summed E-state index contributed by atoms with van der Waals surface area (Å²) in [5.41, 5.74) is 9.14. The summed E-state index contributed by atoms with van der Waals surface area (Å²) in [6.45, 7) is 4.04. The van der Waals surface area contributed by atoms with Crippen LogP contribution in [-0.4, -0.2) is 111 Å². The van der Waals surface area contributed by atoms with E-state index in [9.17, 15) is 14.4 Å². The Balaban J connectivity index is 1.30. The highest BCUT2D eigenvalue weighted by Crippen LogP contribution is 2.46. The van der Waals surface area contributed by atoms with Gasteiger partial charge < -0.3 is 35.1 Å². The summed E-state index contributed by atoms with van der Waals surface area (Å²) in [5.74, 6) is -2.54. The van der Waals surface area contributed by atoms with Gasteiger partial charge in [-0.2, -0.15) is 0 Å². The molecule has 53 heavy (non-hydrogen) atoms. The number of amides is 1. The molecule has 3 atom stereocenters. The van der Waals surface area contributed by atoms with E-state index in [0.717, 1.165) is 24.2 Å². The Morgan fingerprint density at radius 2 is 1.42 bits per heavy atom. The van der Waals surface area contributed by atoms with E-state index in [2.05, 4.69) is 22.2 Å². The molecule has 11 nitrogen and oxygen atoms in total. The van der Waals surface area contributed by atoms with E-state index in [0.29, 0.717) is 80.8 Å². The lowest BCUT2D eigenvalue weighted by Crippen LogP contribution is -2.56. The fourth-order valence-corrected chi connectivity index (χ4v) is 9.29. The second-order valence-electron chi connectivity index (χ2n) is 14.3. The largest absolute Gasteiger partial charge is 0.466 e. The molecule has 286 valence electrons. The summed E-state index contributed by atoms with van der Waals surface area (Å²) in [5, 5.41) is 3.90. The van der Waals surface area contributed by atoms with Gasteiger partial charge in [0.15, 0.2) is 0 Å². The number of piperazine rings is 1. The Morgan fingerprint density at radius 1 is 0.811 bits per heavy atom. The number of allylic oxidation sites excluding steroid dienone is 1. The van der Waals surface area contributed by atoms with E-state index in [4.69, 9.17) is 43.1 Å². The van der Waals surface area contributed by atoms with Crippen molar-refractivity contribution in [3.8, 4) is 0 Å². The van der Waals surface area contributed by atoms with Crippen LogP contribution in [0.1, 0.15) is 61.1 Å². The molecule has 0 aliphatic carbocycles. The number of rotatable bonds is 13. The monoisotopic (exact) mass is 767 g/mol. The molecule has 6 rings (SSSR count). The molecule has 3 N–H and O–H groups in total. The number of nitrogens with one attached hydrogen (secondary N) is 1. The lowest BCUT2D eigenvalue weighted by Gasteiger charge is -2.45. The Bertz CT molecular complexity index is 1710. The van der Waals surface area contributed by atoms with Crippen molar-refractivity contribution < 1.29 is 28.6 Å². The third-order valence-electron chi connectivity index (χ3n) is 11.5. The van der Waals surface area contributed by atoms with Gasteiger partial charge in [-0.3, -0.25) is 9.69 Å². The van der Waals surface area contributed by atoms with Crippen molar-refractivity contribution in [3.63, 3.8) is 0 Å². The minimum absolute atomic E-state index is 0.0935. The zero-order valence-electron chi connectivity index (χ0n) is 30.9. The average Bonchev–Trinajstić information content (AvgIpc) is 3.35. The van der Waals surface area contributed by atoms with E-state index in [1.165, 1.54) is 39.9 Å². The van der Waals surface area contributed by atoms with Gasteiger partial charge in [-0.15, -0.1) is 0 Å². The predicted octanol–water partition coefficient (Wildman–Crippen LogP) is 4.80. The number of carbonyl (C=O) groups excluding carboxylic acids is 3. The van der Waals surface area contributed by atoms with Gasteiger partial charge in [-0.1, -0.05) is 53.5 Å². The number of nitrogens with two attached hydrogens (primary N) is 1. The zero-order valence-corrected chi connectivity index (χ0v) is 32.4. The van der Waals surface area contributed by atoms with Crippen molar-refractivity contribution in [3.05, 3.63) is 91.7 Å². The highest BCUT2D eigenvalue weighted by Gasteiger charge is 2.43. The molecule has 0 spiro atoms. The second kappa shape index (κ2) is 17.8. The van der Waals surface area contributed by atoms with Gasteiger partial charge in [0.2, 0.25) is 5.91 Å². The number of dihydropyridines is 1. The predicted molar refractivity (Wildman–Crippen MR) is 204 cm³/mol. The molecule has 0 saturated carbocycles. The first-order valence-corrected chi connectivity index (χ1v) is 19.3. The molecule has 13 heteroatoms. The van der Waals surface area contributed by atoms with Gasteiger partial charge in [0.05, 0.1) is 50.9 Å². The molecule has 0 radical (unpaired) electrons. The molecule has 2 aromatic rings. The third kappa shape index (κ3) is 8.61. The molecule has 0 aromatic heterocycles. The van der Waals surface area contributed by atoms with Gasteiger partial charge >= 0.3 is 11.9 Å². The molecule has 4 aliphatic heterocycles. The van der Waals surface area contributed by atoms with Crippen molar-refractivity contribution in [1.29, 1.82) is 0 Å². The summed E-state index contributed by atoms with van der Waals surface area (Å²) in [6, 6.07) is 14.8. The molecule has 1 amide bonds. The number of halogens is 2. The van der Waals surface area contributed by atoms with Gasteiger partial charge in [-0.25, -0.2) is 9.59 Å². The number of esters is 2. The molecule has 3 fully saturated rings. The number of nitrogens with zero attached hydrogens (tertiary/aromatic N) is 3. The maximum absolute atomic E-state index is 14.2. The Kier molecular flexibility index (Phi) is 13.2. The highest BCUT2D eigenvalue weighted by molar-refractivity contribution is 6.36. The van der Waals surface area contributed by atoms with Crippen molar-refractivity contribution in [2.24, 2.45) is 5.73 Å². The number of methoxy groups -OCH3 is 2. The van der Waals surface area contributed by atoms with E-state index in [1.807, 2.05) is 29.2 Å². The first-order valence-electron chi connectivity index (χ1n) is 18.6. The van der Waals surface area contributed by atoms with Crippen LogP contribution < -0.4 is 11.1 Å². The quantitative estimate of drug-likeness (QED) is 0.217. The van der Waals surface area contributed by atoms with E-state index in [1.54, 1.807) is 18.2 Å². The lowest BCUT2D eigenvalue weighted by molar-refractivity contribution is -0.137. The van der Waals surface area contributed by atoms with Gasteiger partial charge in [0, 0.05) is 77.9 Å². The van der Waals surface area contributed by atoms with Gasteiger partial charge in [0.1, 0.15) is 0 Å². The third-order valence-corrected chi connectivity index (χ3v) is 12.2. The van der Waals surface area contributed by atoms with Crippen LogP contribution in [-0.2, 0) is 41.6 Å². The molecule has 4 heterocycles. The molecule has 2 aromatic carbocycles. The van der Waals surface area contributed by atoms with Crippen LogP contribution >= 0.6 is 23.2 Å². The number of fused-ring (bicyclic) bond motifs is 2. The normalized spacial score (nSPS) is 23.6. The van der Waals surface area contributed by atoms with Crippen molar-refractivity contribution >= 4 is 41.0 Å². The Hall–Kier alpha value is -3.45. The summed E-state index contributed by atoms with van der Waals surface area (Å²) >= 11 is 13.6. The fourth-order valence-electron chi connectivity index (χ4n) is 8.67. The summed E-state index contributed by atoms with van der Waals surface area (Å²) < 4.78 is 16.4. The van der Waals surface area contributed by atoms with Crippen molar-refractivity contribution in [1.82, 2.24) is 20.0 Å². The van der Waals surface area contributed by atoms with Crippen LogP contribution in [0.2, 0.25) is 10.0 Å². The molecule has 3 saturated heterocycles. The van der Waals surface area contributed by atoms with Crippen LogP contribution in [0.3, 0.4) is 0 Å². The molecule has 4 aliphatic rings. The molecular formula is C40H51Cl2N5O6. The lowest BCUT2D eigenvalue weighted by atomic mass is 9.78. The number of hydrogen-bond acceptors (Lipinski definition) is 10. The fraction of sp³-hybridized carbons (Fsp3) is 0.525. The highest BCUT2D eigenvalue weighted by atomic mass is 35.5. The van der Waals surface area contributed by atoms with Crippen LogP contribution in [0.5, 0.6) is 0 Å². The number of carbonyl (C=O) groups is 3. The van der Waals surface area contributed by atoms with E-state index in [-0.39, 0.29) is 33.5 Å². The number of ether oxygens (including phenoxy) is 3. The molecular weight excluding hydrogens is 717 g/mol. The number of hydrogen-bond donors (Lipinski definition) is 2. The minimum Gasteiger partial charge on any atom is -0.466 e.